The topological polar surface area (TPSA) is 29.1 Å². The fourth-order valence-corrected chi connectivity index (χ4v) is 2.10. The largest absolute Gasteiger partial charge is 0.418 e. The molecule has 7 heteroatoms. The van der Waals surface area contributed by atoms with Gasteiger partial charge in [0.25, 0.3) is 5.91 Å². The molecule has 2 aromatic rings. The molecule has 21 heavy (non-hydrogen) atoms. The molecule has 0 bridgehead atoms. The molecule has 0 unspecified atom stereocenters. The zero-order chi connectivity index (χ0) is 15.6. The molecule has 0 aliphatic rings. The van der Waals surface area contributed by atoms with Gasteiger partial charge in [0.05, 0.1) is 11.3 Å². The smallest absolute Gasteiger partial charge is 0.321 e. The number of carbonyl (C=O) groups is 1. The molecule has 0 heterocycles. The first-order valence-corrected chi connectivity index (χ1v) is 6.57. The van der Waals surface area contributed by atoms with E-state index in [9.17, 15) is 18.0 Å². The van der Waals surface area contributed by atoms with Crippen LogP contribution in [0, 0.1) is 0 Å². The highest BCUT2D eigenvalue weighted by atomic mass is 35.5. The normalized spacial score (nSPS) is 11.3. The number of anilines is 1. The number of hydrogen-bond donors (Lipinski definition) is 2. The van der Waals surface area contributed by atoms with Crippen molar-refractivity contribution < 1.29 is 18.0 Å². The molecule has 0 saturated carbocycles. The number of carbonyl (C=O) groups excluding carboxylic acids is 1. The Morgan fingerprint density at radius 3 is 2.48 bits per heavy atom. The molecule has 2 rings (SSSR count). The summed E-state index contributed by atoms with van der Waals surface area (Å²) < 4.78 is 38.8. The number of hydrogen-bond acceptors (Lipinski definition) is 2. The van der Waals surface area contributed by atoms with Crippen LogP contribution in [0.3, 0.4) is 0 Å². The summed E-state index contributed by atoms with van der Waals surface area (Å²) in [5.41, 5.74) is -1.13. The molecule has 0 radical (unpaired) electrons. The van der Waals surface area contributed by atoms with Gasteiger partial charge in [0.15, 0.2) is 0 Å². The Hall–Kier alpha value is -1.66. The number of thiol groups is 1. The molecule has 2 nitrogen and oxygen atoms in total. The van der Waals surface area contributed by atoms with Gasteiger partial charge in [-0.25, -0.2) is 0 Å². The molecule has 0 atom stereocenters. The van der Waals surface area contributed by atoms with Crippen molar-refractivity contribution in [2.75, 3.05) is 5.32 Å². The second-order valence-electron chi connectivity index (χ2n) is 4.19. The maximum atomic E-state index is 12.9. The van der Waals surface area contributed by atoms with Gasteiger partial charge in [-0.1, -0.05) is 17.7 Å². The van der Waals surface area contributed by atoms with Gasteiger partial charge in [0.2, 0.25) is 0 Å². The molecule has 0 saturated heterocycles. The Labute approximate surface area is 129 Å². The lowest BCUT2D eigenvalue weighted by Crippen LogP contribution is -2.16. The van der Waals surface area contributed by atoms with Crippen LogP contribution in [0.15, 0.2) is 47.4 Å². The molecule has 110 valence electrons. The molecular weight excluding hydrogens is 323 g/mol. The van der Waals surface area contributed by atoms with E-state index in [0.29, 0.717) is 4.90 Å². The van der Waals surface area contributed by atoms with Gasteiger partial charge in [-0.15, -0.1) is 12.6 Å². The van der Waals surface area contributed by atoms with E-state index in [4.69, 9.17) is 11.6 Å². The Kier molecular flexibility index (Phi) is 4.49. The van der Waals surface area contributed by atoms with Crippen LogP contribution in [0.25, 0.3) is 0 Å². The predicted molar refractivity (Wildman–Crippen MR) is 78.1 cm³/mol. The molecule has 0 aliphatic carbocycles. The third kappa shape index (κ3) is 3.92. The van der Waals surface area contributed by atoms with Crippen LogP contribution >= 0.6 is 24.2 Å². The van der Waals surface area contributed by atoms with Gasteiger partial charge >= 0.3 is 6.18 Å². The van der Waals surface area contributed by atoms with Gasteiger partial charge in [-0.05, 0) is 36.4 Å². The molecule has 0 aliphatic heterocycles. The summed E-state index contributed by atoms with van der Waals surface area (Å²) in [5, 5.41) is 2.18. The molecule has 0 aromatic heterocycles. The SMILES string of the molecule is O=C(Nc1ccc(Cl)cc1C(F)(F)F)c1cccc(S)c1. The second-order valence-corrected chi connectivity index (χ2v) is 5.14. The first-order valence-electron chi connectivity index (χ1n) is 5.74. The first kappa shape index (κ1) is 15.7. The van der Waals surface area contributed by atoms with Crippen LogP contribution in [0.4, 0.5) is 18.9 Å². The highest BCUT2D eigenvalue weighted by Gasteiger charge is 2.34. The van der Waals surface area contributed by atoms with Crippen molar-refractivity contribution in [3.63, 3.8) is 0 Å². The summed E-state index contributed by atoms with van der Waals surface area (Å²) in [4.78, 5) is 12.5. The van der Waals surface area contributed by atoms with E-state index in [1.165, 1.54) is 18.2 Å². The van der Waals surface area contributed by atoms with E-state index in [2.05, 4.69) is 17.9 Å². The van der Waals surface area contributed by atoms with Crippen molar-refractivity contribution in [3.8, 4) is 0 Å². The van der Waals surface area contributed by atoms with Crippen molar-refractivity contribution in [2.45, 2.75) is 11.1 Å². The zero-order valence-corrected chi connectivity index (χ0v) is 12.1. The Morgan fingerprint density at radius 2 is 1.86 bits per heavy atom. The number of benzene rings is 2. The van der Waals surface area contributed by atoms with Crippen LogP contribution in [0.1, 0.15) is 15.9 Å². The van der Waals surface area contributed by atoms with Crippen LogP contribution in [0.2, 0.25) is 5.02 Å². The average molecular weight is 332 g/mol. The fraction of sp³-hybridized carbons (Fsp3) is 0.0714. The van der Waals surface area contributed by atoms with Gasteiger partial charge in [-0.2, -0.15) is 13.2 Å². The first-order chi connectivity index (χ1) is 9.77. The highest BCUT2D eigenvalue weighted by Crippen LogP contribution is 2.36. The summed E-state index contributed by atoms with van der Waals surface area (Å²) in [6.45, 7) is 0. The summed E-state index contributed by atoms with van der Waals surface area (Å²) in [7, 11) is 0. The lowest BCUT2D eigenvalue weighted by Gasteiger charge is -2.14. The van der Waals surface area contributed by atoms with Crippen LogP contribution in [-0.4, -0.2) is 5.91 Å². The zero-order valence-electron chi connectivity index (χ0n) is 10.4. The maximum Gasteiger partial charge on any atom is 0.418 e. The second kappa shape index (κ2) is 5.99. The van der Waals surface area contributed by atoms with E-state index < -0.39 is 17.6 Å². The van der Waals surface area contributed by atoms with Gasteiger partial charge in [0, 0.05) is 15.5 Å². The predicted octanol–water partition coefficient (Wildman–Crippen LogP) is 4.90. The van der Waals surface area contributed by atoms with E-state index in [1.807, 2.05) is 0 Å². The molecule has 0 spiro atoms. The summed E-state index contributed by atoms with van der Waals surface area (Å²) >= 11 is 9.65. The minimum Gasteiger partial charge on any atom is -0.321 e. The van der Waals surface area contributed by atoms with Crippen molar-refractivity contribution >= 4 is 35.8 Å². The Morgan fingerprint density at radius 1 is 1.14 bits per heavy atom. The lowest BCUT2D eigenvalue weighted by molar-refractivity contribution is -0.136. The minimum absolute atomic E-state index is 0.0577. The monoisotopic (exact) mass is 331 g/mol. The quantitative estimate of drug-likeness (QED) is 0.753. The van der Waals surface area contributed by atoms with Gasteiger partial charge in [-0.3, -0.25) is 4.79 Å². The molecule has 1 N–H and O–H groups in total. The molecular formula is C14H9ClF3NOS. The number of rotatable bonds is 2. The van der Waals surface area contributed by atoms with Crippen LogP contribution in [-0.2, 0) is 6.18 Å². The average Bonchev–Trinajstić information content (AvgIpc) is 2.39. The number of amides is 1. The summed E-state index contributed by atoms with van der Waals surface area (Å²) in [6, 6.07) is 9.36. The van der Waals surface area contributed by atoms with Gasteiger partial charge < -0.3 is 5.32 Å². The lowest BCUT2D eigenvalue weighted by atomic mass is 10.1. The number of alkyl halides is 3. The van der Waals surface area contributed by atoms with Gasteiger partial charge in [0.1, 0.15) is 0 Å². The van der Waals surface area contributed by atoms with E-state index in [1.54, 1.807) is 12.1 Å². The van der Waals surface area contributed by atoms with Crippen molar-refractivity contribution in [3.05, 3.63) is 58.6 Å². The fourth-order valence-electron chi connectivity index (χ4n) is 1.70. The van der Waals surface area contributed by atoms with Crippen LogP contribution < -0.4 is 5.32 Å². The summed E-state index contributed by atoms with van der Waals surface area (Å²) in [5.74, 6) is -0.654. The molecule has 1 amide bonds. The number of halogens is 4. The van der Waals surface area contributed by atoms with Crippen molar-refractivity contribution in [2.24, 2.45) is 0 Å². The Balaban J connectivity index is 2.34. The Bertz CT molecular complexity index is 688. The van der Waals surface area contributed by atoms with E-state index in [-0.39, 0.29) is 16.3 Å². The minimum atomic E-state index is -4.61. The standard InChI is InChI=1S/C14H9ClF3NOS/c15-9-4-5-12(11(7-9)14(16,17)18)19-13(20)8-2-1-3-10(21)6-8/h1-7,21H,(H,19,20). The van der Waals surface area contributed by atoms with Crippen molar-refractivity contribution in [1.82, 2.24) is 0 Å². The molecule has 2 aromatic carbocycles. The maximum absolute atomic E-state index is 12.9. The third-order valence-corrected chi connectivity index (χ3v) is 3.16. The van der Waals surface area contributed by atoms with Crippen molar-refractivity contribution in [1.29, 1.82) is 0 Å². The van der Waals surface area contributed by atoms with E-state index >= 15 is 0 Å². The summed E-state index contributed by atoms with van der Waals surface area (Å²) in [6.07, 6.45) is -4.61. The van der Waals surface area contributed by atoms with Crippen LogP contribution in [0.5, 0.6) is 0 Å². The van der Waals surface area contributed by atoms with E-state index in [0.717, 1.165) is 12.1 Å². The third-order valence-electron chi connectivity index (χ3n) is 2.64. The molecule has 0 fully saturated rings. The number of nitrogens with one attached hydrogen (secondary N) is 1. The highest BCUT2D eigenvalue weighted by molar-refractivity contribution is 7.80.